The van der Waals surface area contributed by atoms with E-state index in [9.17, 15) is 4.39 Å². The average molecular weight is 458 g/mol. The van der Waals surface area contributed by atoms with E-state index in [2.05, 4.69) is 24.3 Å². The van der Waals surface area contributed by atoms with Gasteiger partial charge in [-0.3, -0.25) is 4.99 Å². The number of piperazine rings is 1. The fourth-order valence-electron chi connectivity index (χ4n) is 2.86. The van der Waals surface area contributed by atoms with Gasteiger partial charge < -0.3 is 20.1 Å². The number of hydrogen-bond acceptors (Lipinski definition) is 3. The van der Waals surface area contributed by atoms with E-state index in [0.717, 1.165) is 44.2 Å². The molecule has 2 aromatic rings. The van der Waals surface area contributed by atoms with E-state index in [-0.39, 0.29) is 29.8 Å². The number of anilines is 1. The SMILES string of the molecule is Cc1nccn1CCN=C(N)N1CCN(c2ccc(F)cc2)CC1.I. The third-order valence-electron chi connectivity index (χ3n) is 4.33. The normalized spacial score (nSPS) is 15.2. The molecule has 2 heterocycles. The maximum absolute atomic E-state index is 13.0. The fourth-order valence-corrected chi connectivity index (χ4v) is 2.86. The molecule has 1 fully saturated rings. The Kier molecular flexibility index (Phi) is 7.03. The average Bonchev–Trinajstić information content (AvgIpc) is 3.01. The van der Waals surface area contributed by atoms with Crippen LogP contribution < -0.4 is 10.6 Å². The summed E-state index contributed by atoms with van der Waals surface area (Å²) in [6.07, 6.45) is 3.74. The monoisotopic (exact) mass is 458 g/mol. The Bertz CT molecular complexity index is 691. The highest BCUT2D eigenvalue weighted by Gasteiger charge is 2.18. The van der Waals surface area contributed by atoms with E-state index in [1.807, 2.05) is 25.3 Å². The summed E-state index contributed by atoms with van der Waals surface area (Å²) in [7, 11) is 0. The van der Waals surface area contributed by atoms with Gasteiger partial charge in [-0.05, 0) is 31.2 Å². The molecule has 136 valence electrons. The van der Waals surface area contributed by atoms with E-state index in [0.29, 0.717) is 12.5 Å². The van der Waals surface area contributed by atoms with Crippen LogP contribution in [0.25, 0.3) is 0 Å². The molecule has 2 N–H and O–H groups in total. The van der Waals surface area contributed by atoms with Gasteiger partial charge in [-0.15, -0.1) is 24.0 Å². The quantitative estimate of drug-likeness (QED) is 0.433. The van der Waals surface area contributed by atoms with Crippen molar-refractivity contribution in [1.82, 2.24) is 14.5 Å². The van der Waals surface area contributed by atoms with Crippen molar-refractivity contribution in [3.8, 4) is 0 Å². The van der Waals surface area contributed by atoms with Crippen LogP contribution in [0, 0.1) is 12.7 Å². The van der Waals surface area contributed by atoms with Gasteiger partial charge in [-0.1, -0.05) is 0 Å². The Balaban J connectivity index is 0.00000225. The van der Waals surface area contributed by atoms with Gasteiger partial charge in [0.1, 0.15) is 11.6 Å². The molecule has 1 saturated heterocycles. The first-order chi connectivity index (χ1) is 11.6. The molecule has 8 heteroatoms. The zero-order valence-corrected chi connectivity index (χ0v) is 16.6. The molecule has 0 aliphatic carbocycles. The van der Waals surface area contributed by atoms with E-state index in [4.69, 9.17) is 5.73 Å². The number of imidazole rings is 1. The molecule has 1 aromatic heterocycles. The molecule has 1 aliphatic rings. The highest BCUT2D eigenvalue weighted by molar-refractivity contribution is 14.0. The van der Waals surface area contributed by atoms with Crippen molar-refractivity contribution in [2.45, 2.75) is 13.5 Å². The van der Waals surface area contributed by atoms with Crippen LogP contribution in [0.1, 0.15) is 5.82 Å². The molecule has 0 spiro atoms. The number of aliphatic imine (C=N–C) groups is 1. The van der Waals surface area contributed by atoms with Gasteiger partial charge >= 0.3 is 0 Å². The Hall–Kier alpha value is -1.84. The fraction of sp³-hybridized carbons (Fsp3) is 0.412. The third kappa shape index (κ3) is 5.07. The number of aryl methyl sites for hydroxylation is 1. The molecule has 1 aliphatic heterocycles. The van der Waals surface area contributed by atoms with Crippen molar-refractivity contribution in [2.24, 2.45) is 10.7 Å². The van der Waals surface area contributed by atoms with Crippen LogP contribution in [0.2, 0.25) is 0 Å². The molecular formula is C17H24FIN6. The summed E-state index contributed by atoms with van der Waals surface area (Å²) in [5, 5.41) is 0. The van der Waals surface area contributed by atoms with Crippen molar-refractivity contribution >= 4 is 35.6 Å². The minimum Gasteiger partial charge on any atom is -0.370 e. The predicted octanol–water partition coefficient (Wildman–Crippen LogP) is 2.09. The van der Waals surface area contributed by atoms with Crippen molar-refractivity contribution < 1.29 is 4.39 Å². The van der Waals surface area contributed by atoms with Crippen molar-refractivity contribution in [3.63, 3.8) is 0 Å². The summed E-state index contributed by atoms with van der Waals surface area (Å²) in [5.41, 5.74) is 7.16. The Morgan fingerprint density at radius 2 is 1.88 bits per heavy atom. The van der Waals surface area contributed by atoms with Crippen LogP contribution in [0.15, 0.2) is 41.7 Å². The largest absolute Gasteiger partial charge is 0.370 e. The third-order valence-corrected chi connectivity index (χ3v) is 4.33. The lowest BCUT2D eigenvalue weighted by molar-refractivity contribution is 0.380. The number of rotatable bonds is 4. The number of hydrogen-bond donors (Lipinski definition) is 1. The molecule has 3 rings (SSSR count). The van der Waals surface area contributed by atoms with E-state index in [1.54, 1.807) is 6.20 Å². The maximum Gasteiger partial charge on any atom is 0.191 e. The van der Waals surface area contributed by atoms with Gasteiger partial charge in [-0.25, -0.2) is 9.37 Å². The molecule has 0 unspecified atom stereocenters. The molecule has 6 nitrogen and oxygen atoms in total. The van der Waals surface area contributed by atoms with Gasteiger partial charge in [0.2, 0.25) is 0 Å². The first kappa shape index (κ1) is 19.5. The zero-order chi connectivity index (χ0) is 16.9. The molecule has 0 radical (unpaired) electrons. The first-order valence-corrected chi connectivity index (χ1v) is 8.16. The van der Waals surface area contributed by atoms with Crippen molar-refractivity contribution in [1.29, 1.82) is 0 Å². The number of nitrogens with zero attached hydrogens (tertiary/aromatic N) is 5. The molecule has 0 saturated carbocycles. The van der Waals surface area contributed by atoms with Crippen LogP contribution in [0.3, 0.4) is 0 Å². The minimum absolute atomic E-state index is 0. The minimum atomic E-state index is -0.207. The highest BCUT2D eigenvalue weighted by atomic mass is 127. The molecular weight excluding hydrogens is 434 g/mol. The van der Waals surface area contributed by atoms with Gasteiger partial charge in [-0.2, -0.15) is 0 Å². The van der Waals surface area contributed by atoms with Gasteiger partial charge in [0.05, 0.1) is 6.54 Å². The van der Waals surface area contributed by atoms with Crippen molar-refractivity contribution in [2.75, 3.05) is 37.6 Å². The second kappa shape index (κ2) is 9.02. The highest BCUT2D eigenvalue weighted by Crippen LogP contribution is 2.16. The van der Waals surface area contributed by atoms with Gasteiger partial charge in [0, 0.05) is 50.8 Å². The zero-order valence-electron chi connectivity index (χ0n) is 14.3. The number of nitrogens with two attached hydrogens (primary N) is 1. The summed E-state index contributed by atoms with van der Waals surface area (Å²) in [5.74, 6) is 1.37. The van der Waals surface area contributed by atoms with Gasteiger partial charge in [0.25, 0.3) is 0 Å². The summed E-state index contributed by atoms with van der Waals surface area (Å²) < 4.78 is 15.1. The summed E-state index contributed by atoms with van der Waals surface area (Å²) >= 11 is 0. The lowest BCUT2D eigenvalue weighted by Crippen LogP contribution is -2.51. The van der Waals surface area contributed by atoms with Crippen molar-refractivity contribution in [3.05, 3.63) is 48.3 Å². The maximum atomic E-state index is 13.0. The second-order valence-corrected chi connectivity index (χ2v) is 5.86. The summed E-state index contributed by atoms with van der Waals surface area (Å²) in [6.45, 7) is 6.73. The number of guanidine groups is 1. The topological polar surface area (TPSA) is 62.7 Å². The standard InChI is InChI=1S/C17H23FN6.HI/c1-14-20-6-8-22(14)9-7-21-17(19)24-12-10-23(11-13-24)16-4-2-15(18)3-5-16;/h2-6,8H,7,9-13H2,1H3,(H2,19,21);1H. The van der Waals surface area contributed by atoms with Crippen LogP contribution in [0.4, 0.5) is 10.1 Å². The smallest absolute Gasteiger partial charge is 0.191 e. The molecule has 25 heavy (non-hydrogen) atoms. The first-order valence-electron chi connectivity index (χ1n) is 8.16. The Morgan fingerprint density at radius 1 is 1.20 bits per heavy atom. The van der Waals surface area contributed by atoms with Crippen LogP contribution in [-0.2, 0) is 6.54 Å². The molecule has 0 atom stereocenters. The number of aromatic nitrogens is 2. The lowest BCUT2D eigenvalue weighted by Gasteiger charge is -2.36. The number of halogens is 2. The van der Waals surface area contributed by atoms with E-state index < -0.39 is 0 Å². The van der Waals surface area contributed by atoms with Crippen LogP contribution in [-0.4, -0.2) is 53.1 Å². The van der Waals surface area contributed by atoms with Crippen LogP contribution >= 0.6 is 24.0 Å². The molecule has 0 amide bonds. The molecule has 1 aromatic carbocycles. The summed E-state index contributed by atoms with van der Waals surface area (Å²) in [4.78, 5) is 13.0. The van der Waals surface area contributed by atoms with Crippen LogP contribution in [0.5, 0.6) is 0 Å². The second-order valence-electron chi connectivity index (χ2n) is 5.86. The van der Waals surface area contributed by atoms with E-state index >= 15 is 0 Å². The number of benzene rings is 1. The summed E-state index contributed by atoms with van der Waals surface area (Å²) in [6, 6.07) is 6.62. The van der Waals surface area contributed by atoms with E-state index in [1.165, 1.54) is 12.1 Å². The molecule has 0 bridgehead atoms. The Labute approximate surface area is 164 Å². The predicted molar refractivity (Wildman–Crippen MR) is 109 cm³/mol. The van der Waals surface area contributed by atoms with Gasteiger partial charge in [0.15, 0.2) is 5.96 Å². The lowest BCUT2D eigenvalue weighted by atomic mass is 10.2. The Morgan fingerprint density at radius 3 is 2.48 bits per heavy atom.